The maximum Gasteiger partial charge on any atom is 0.261 e. The number of carbonyl (C=O) groups is 1. The Morgan fingerprint density at radius 3 is 2.62 bits per heavy atom. The molecule has 8 heteroatoms. The topological polar surface area (TPSA) is 89.0 Å². The summed E-state index contributed by atoms with van der Waals surface area (Å²) in [5.41, 5.74) is 1.27. The Kier molecular flexibility index (Phi) is 5.12. The third-order valence-electron chi connectivity index (χ3n) is 4.48. The number of nitrogens with one attached hydrogen (secondary N) is 1. The maximum absolute atomic E-state index is 12.8. The summed E-state index contributed by atoms with van der Waals surface area (Å²) in [5.74, 6) is -0.172. The summed E-state index contributed by atoms with van der Waals surface area (Å²) in [5, 5.41) is 3.85. The van der Waals surface area contributed by atoms with Gasteiger partial charge in [0.15, 0.2) is 0 Å². The van der Waals surface area contributed by atoms with Crippen molar-refractivity contribution >= 4 is 37.2 Å². The largest absolute Gasteiger partial charge is 0.347 e. The predicted octanol–water partition coefficient (Wildman–Crippen LogP) is 3.76. The summed E-state index contributed by atoms with van der Waals surface area (Å²) >= 11 is 1.39. The summed E-state index contributed by atoms with van der Waals surface area (Å²) in [6.07, 6.45) is 4.99. The Labute approximate surface area is 172 Å². The van der Waals surface area contributed by atoms with E-state index in [0.29, 0.717) is 17.1 Å². The molecule has 3 heterocycles. The molecule has 29 heavy (non-hydrogen) atoms. The van der Waals surface area contributed by atoms with Gasteiger partial charge in [-0.25, -0.2) is 8.42 Å². The van der Waals surface area contributed by atoms with Gasteiger partial charge in [-0.1, -0.05) is 12.1 Å². The highest BCUT2D eigenvalue weighted by molar-refractivity contribution is 7.91. The molecule has 1 aromatic carbocycles. The molecule has 146 valence electrons. The van der Waals surface area contributed by atoms with Crippen molar-refractivity contribution < 1.29 is 13.2 Å². The normalized spacial score (nSPS) is 11.5. The predicted molar refractivity (Wildman–Crippen MR) is 112 cm³/mol. The molecule has 6 nitrogen and oxygen atoms in total. The van der Waals surface area contributed by atoms with E-state index in [1.807, 2.05) is 12.1 Å². The molecule has 1 N–H and O–H groups in total. The Morgan fingerprint density at radius 2 is 1.90 bits per heavy atom. The number of hydrogen-bond donors (Lipinski definition) is 1. The van der Waals surface area contributed by atoms with E-state index in [1.165, 1.54) is 11.3 Å². The number of benzene rings is 1. The van der Waals surface area contributed by atoms with Crippen LogP contribution < -0.4 is 5.32 Å². The number of aromatic nitrogens is 2. The average Bonchev–Trinajstić information content (AvgIpc) is 3.17. The van der Waals surface area contributed by atoms with Gasteiger partial charge < -0.3 is 5.32 Å². The molecule has 0 bridgehead atoms. The van der Waals surface area contributed by atoms with Crippen molar-refractivity contribution in [1.82, 2.24) is 15.3 Å². The van der Waals surface area contributed by atoms with Gasteiger partial charge in [0.1, 0.15) is 0 Å². The van der Waals surface area contributed by atoms with Crippen LogP contribution in [0.5, 0.6) is 0 Å². The maximum atomic E-state index is 12.8. The van der Waals surface area contributed by atoms with Gasteiger partial charge in [-0.2, -0.15) is 0 Å². The van der Waals surface area contributed by atoms with Crippen molar-refractivity contribution in [3.05, 3.63) is 83.3 Å². The summed E-state index contributed by atoms with van der Waals surface area (Å²) in [6, 6.07) is 13.4. The molecule has 0 aliphatic carbocycles. The fourth-order valence-corrected chi connectivity index (χ4v) is 5.33. The molecule has 0 fully saturated rings. The first kappa shape index (κ1) is 19.2. The van der Waals surface area contributed by atoms with Crippen molar-refractivity contribution in [3.63, 3.8) is 0 Å². The van der Waals surface area contributed by atoms with Gasteiger partial charge in [-0.05, 0) is 54.3 Å². The first-order chi connectivity index (χ1) is 13.9. The molecule has 3 aromatic heterocycles. The highest BCUT2D eigenvalue weighted by Crippen LogP contribution is 2.25. The number of hydrogen-bond acceptors (Lipinski definition) is 6. The molecule has 4 rings (SSSR count). The van der Waals surface area contributed by atoms with Gasteiger partial charge in [-0.3, -0.25) is 14.8 Å². The van der Waals surface area contributed by atoms with Crippen LogP contribution in [-0.4, -0.2) is 24.3 Å². The second-order valence-electron chi connectivity index (χ2n) is 6.44. The van der Waals surface area contributed by atoms with E-state index in [1.54, 1.807) is 61.9 Å². The van der Waals surface area contributed by atoms with Crippen LogP contribution in [0.1, 0.15) is 20.9 Å². The van der Waals surface area contributed by atoms with E-state index >= 15 is 0 Å². The van der Waals surface area contributed by atoms with E-state index in [-0.39, 0.29) is 15.7 Å². The molecule has 0 saturated heterocycles. The van der Waals surface area contributed by atoms with E-state index in [9.17, 15) is 13.2 Å². The minimum atomic E-state index is -3.63. The van der Waals surface area contributed by atoms with Crippen LogP contribution >= 0.6 is 11.3 Å². The van der Waals surface area contributed by atoms with Gasteiger partial charge in [0.2, 0.25) is 9.84 Å². The van der Waals surface area contributed by atoms with Crippen LogP contribution in [-0.2, 0) is 16.4 Å². The van der Waals surface area contributed by atoms with Crippen LogP contribution in [0.25, 0.3) is 10.1 Å². The standard InChI is InChI=1S/C21H17N3O3S2/c1-14-20(3-2-9-23-14)29(26,27)17-6-4-15(5-7-17)12-24-21(25)18-11-16-8-10-22-13-19(16)28-18/h2-11,13H,12H2,1H3,(H,24,25). The van der Waals surface area contributed by atoms with Crippen molar-refractivity contribution in [3.8, 4) is 0 Å². The number of sulfone groups is 1. The van der Waals surface area contributed by atoms with E-state index in [4.69, 9.17) is 0 Å². The quantitative estimate of drug-likeness (QED) is 0.528. The van der Waals surface area contributed by atoms with Crippen LogP contribution in [0.2, 0.25) is 0 Å². The highest BCUT2D eigenvalue weighted by Gasteiger charge is 2.20. The monoisotopic (exact) mass is 423 g/mol. The zero-order valence-corrected chi connectivity index (χ0v) is 17.1. The summed E-state index contributed by atoms with van der Waals surface area (Å²) in [6.45, 7) is 1.97. The minimum absolute atomic E-state index is 0.172. The summed E-state index contributed by atoms with van der Waals surface area (Å²) in [4.78, 5) is 21.5. The summed E-state index contributed by atoms with van der Waals surface area (Å²) < 4.78 is 26.5. The first-order valence-corrected chi connectivity index (χ1v) is 11.1. The fraction of sp³-hybridized carbons (Fsp3) is 0.0952. The van der Waals surface area contributed by atoms with Gasteiger partial charge in [0, 0.05) is 25.1 Å². The van der Waals surface area contributed by atoms with E-state index in [0.717, 1.165) is 15.6 Å². The van der Waals surface area contributed by atoms with Crippen molar-refractivity contribution in [1.29, 1.82) is 0 Å². The Hall–Kier alpha value is -3.10. The average molecular weight is 424 g/mol. The van der Waals surface area contributed by atoms with E-state index < -0.39 is 9.84 Å². The van der Waals surface area contributed by atoms with Gasteiger partial charge >= 0.3 is 0 Å². The summed E-state index contributed by atoms with van der Waals surface area (Å²) in [7, 11) is -3.63. The number of thiophene rings is 1. The zero-order chi connectivity index (χ0) is 20.4. The smallest absolute Gasteiger partial charge is 0.261 e. The lowest BCUT2D eigenvalue weighted by Crippen LogP contribution is -2.21. The molecule has 4 aromatic rings. The number of aryl methyl sites for hydroxylation is 1. The van der Waals surface area contributed by atoms with Crippen molar-refractivity contribution in [2.24, 2.45) is 0 Å². The third-order valence-corrected chi connectivity index (χ3v) is 7.47. The Bertz CT molecular complexity index is 1260. The van der Waals surface area contributed by atoms with E-state index in [2.05, 4.69) is 15.3 Å². The second kappa shape index (κ2) is 7.73. The highest BCUT2D eigenvalue weighted by atomic mass is 32.2. The number of amides is 1. The Morgan fingerprint density at radius 1 is 1.10 bits per heavy atom. The number of nitrogens with zero attached hydrogens (tertiary/aromatic N) is 2. The van der Waals surface area contributed by atoms with Gasteiger partial charge in [0.05, 0.1) is 25.1 Å². The first-order valence-electron chi connectivity index (χ1n) is 8.82. The fourth-order valence-electron chi connectivity index (χ4n) is 2.93. The molecule has 1 amide bonds. The SMILES string of the molecule is Cc1ncccc1S(=O)(=O)c1ccc(CNC(=O)c2cc3ccncc3s2)cc1. The molecular weight excluding hydrogens is 406 g/mol. The molecule has 0 unspecified atom stereocenters. The van der Waals surface area contributed by atoms with Gasteiger partial charge in [0.25, 0.3) is 5.91 Å². The van der Waals surface area contributed by atoms with Crippen LogP contribution in [0.4, 0.5) is 0 Å². The zero-order valence-electron chi connectivity index (χ0n) is 15.5. The molecule has 0 saturated carbocycles. The number of rotatable bonds is 5. The molecule has 0 atom stereocenters. The van der Waals surface area contributed by atoms with Crippen LogP contribution in [0.3, 0.4) is 0 Å². The number of pyridine rings is 2. The second-order valence-corrected chi connectivity index (χ2v) is 9.44. The third kappa shape index (κ3) is 3.90. The number of carbonyl (C=O) groups excluding carboxylic acids is 1. The Balaban J connectivity index is 1.47. The lowest BCUT2D eigenvalue weighted by molar-refractivity contribution is 0.0955. The molecule has 0 spiro atoms. The lowest BCUT2D eigenvalue weighted by atomic mass is 10.2. The van der Waals surface area contributed by atoms with Crippen molar-refractivity contribution in [2.75, 3.05) is 0 Å². The van der Waals surface area contributed by atoms with Crippen LogP contribution in [0, 0.1) is 6.92 Å². The molecular formula is C21H17N3O3S2. The molecule has 0 aliphatic heterocycles. The van der Waals surface area contributed by atoms with Gasteiger partial charge in [-0.15, -0.1) is 11.3 Å². The number of fused-ring (bicyclic) bond motifs is 1. The molecule has 0 radical (unpaired) electrons. The molecule has 0 aliphatic rings. The van der Waals surface area contributed by atoms with Crippen LogP contribution in [0.15, 0.2) is 76.9 Å². The van der Waals surface area contributed by atoms with Crippen molar-refractivity contribution in [2.45, 2.75) is 23.3 Å². The minimum Gasteiger partial charge on any atom is -0.347 e. The lowest BCUT2D eigenvalue weighted by Gasteiger charge is -2.08.